The van der Waals surface area contributed by atoms with Gasteiger partial charge in [0.1, 0.15) is 0 Å². The maximum atomic E-state index is 8.98. The molecule has 0 spiro atoms. The number of hydrogen-bond donors (Lipinski definition) is 1. The van der Waals surface area contributed by atoms with E-state index in [-0.39, 0.29) is 6.61 Å². The van der Waals surface area contributed by atoms with E-state index in [9.17, 15) is 0 Å². The third kappa shape index (κ3) is 1.55. The number of aliphatic hydroxyl groups is 1. The fourth-order valence-electron chi connectivity index (χ4n) is 1.23. The highest BCUT2D eigenvalue weighted by Crippen LogP contribution is 2.27. The molecule has 2 rings (SSSR count). The van der Waals surface area contributed by atoms with E-state index in [4.69, 9.17) is 16.7 Å². The molecule has 1 N–H and O–H groups in total. The van der Waals surface area contributed by atoms with Crippen LogP contribution in [0.2, 0.25) is 5.02 Å². The number of nitrogens with zero attached hydrogens (tertiary/aromatic N) is 1. The Bertz CT molecular complexity index is 452. The molecule has 0 aliphatic rings. The molecule has 4 heteroatoms. The summed E-state index contributed by atoms with van der Waals surface area (Å²) in [5, 5.41) is 10.6. The van der Waals surface area contributed by atoms with E-state index in [0.29, 0.717) is 5.02 Å². The fourth-order valence-corrected chi connectivity index (χ4v) is 2.36. The van der Waals surface area contributed by atoms with Gasteiger partial charge in [-0.3, -0.25) is 0 Å². The van der Waals surface area contributed by atoms with Crippen molar-refractivity contribution in [3.63, 3.8) is 0 Å². The molecule has 0 saturated heterocycles. The number of fused-ring (bicyclic) bond motifs is 1. The van der Waals surface area contributed by atoms with Crippen molar-refractivity contribution in [2.24, 2.45) is 0 Å². The van der Waals surface area contributed by atoms with Crippen LogP contribution in [0.4, 0.5) is 0 Å². The van der Waals surface area contributed by atoms with E-state index in [1.807, 2.05) is 19.1 Å². The summed E-state index contributed by atoms with van der Waals surface area (Å²) in [5.41, 5.74) is 1.65. The molecule has 0 unspecified atom stereocenters. The molecule has 0 amide bonds. The van der Waals surface area contributed by atoms with Gasteiger partial charge in [-0.15, -0.1) is 11.3 Å². The molecule has 68 valence electrons. The molecule has 0 aliphatic carbocycles. The maximum absolute atomic E-state index is 8.98. The SMILES string of the molecule is Cc1nc2cc(CO)c(Cl)cc2s1. The van der Waals surface area contributed by atoms with Gasteiger partial charge in [0.05, 0.1) is 21.8 Å². The second kappa shape index (κ2) is 3.25. The van der Waals surface area contributed by atoms with Crippen molar-refractivity contribution in [2.45, 2.75) is 13.5 Å². The molecule has 0 bridgehead atoms. The lowest BCUT2D eigenvalue weighted by Crippen LogP contribution is -1.84. The minimum absolute atomic E-state index is 0.0364. The summed E-state index contributed by atoms with van der Waals surface area (Å²) in [6, 6.07) is 3.69. The Morgan fingerprint density at radius 2 is 2.31 bits per heavy atom. The number of rotatable bonds is 1. The summed E-state index contributed by atoms with van der Waals surface area (Å²) < 4.78 is 1.07. The minimum Gasteiger partial charge on any atom is -0.392 e. The van der Waals surface area contributed by atoms with Crippen molar-refractivity contribution in [3.05, 3.63) is 27.7 Å². The predicted octanol–water partition coefficient (Wildman–Crippen LogP) is 2.75. The number of hydrogen-bond acceptors (Lipinski definition) is 3. The Balaban J connectivity index is 2.72. The zero-order valence-electron chi connectivity index (χ0n) is 7.04. The van der Waals surface area contributed by atoms with Gasteiger partial charge in [-0.05, 0) is 24.6 Å². The second-order valence-electron chi connectivity index (χ2n) is 2.80. The Morgan fingerprint density at radius 1 is 1.54 bits per heavy atom. The molecular weight excluding hydrogens is 206 g/mol. The molecule has 0 saturated carbocycles. The molecule has 0 radical (unpaired) electrons. The third-order valence-corrected chi connectivity index (χ3v) is 3.12. The van der Waals surface area contributed by atoms with Crippen LogP contribution in [-0.2, 0) is 6.61 Å². The average molecular weight is 214 g/mol. The molecule has 0 aliphatic heterocycles. The van der Waals surface area contributed by atoms with Crippen LogP contribution < -0.4 is 0 Å². The molecule has 13 heavy (non-hydrogen) atoms. The van der Waals surface area contributed by atoms with Gasteiger partial charge in [-0.25, -0.2) is 4.98 Å². The summed E-state index contributed by atoms with van der Waals surface area (Å²) in [6.45, 7) is 1.92. The monoisotopic (exact) mass is 213 g/mol. The van der Waals surface area contributed by atoms with Crippen LogP contribution in [0.3, 0.4) is 0 Å². The lowest BCUT2D eigenvalue weighted by molar-refractivity contribution is 0.282. The summed E-state index contributed by atoms with van der Waals surface area (Å²) in [7, 11) is 0. The average Bonchev–Trinajstić information content (AvgIpc) is 2.42. The van der Waals surface area contributed by atoms with E-state index in [1.54, 1.807) is 11.3 Å². The van der Waals surface area contributed by atoms with Gasteiger partial charge in [0.25, 0.3) is 0 Å². The van der Waals surface area contributed by atoms with Gasteiger partial charge in [-0.1, -0.05) is 11.6 Å². The summed E-state index contributed by atoms with van der Waals surface area (Å²) >= 11 is 7.54. The standard InChI is InChI=1S/C9H8ClNOS/c1-5-11-8-2-6(4-12)7(10)3-9(8)13-5/h2-3,12H,4H2,1H3. The largest absolute Gasteiger partial charge is 0.392 e. The van der Waals surface area contributed by atoms with Crippen LogP contribution >= 0.6 is 22.9 Å². The van der Waals surface area contributed by atoms with Crippen LogP contribution in [0, 0.1) is 6.92 Å². The predicted molar refractivity (Wildman–Crippen MR) is 55.3 cm³/mol. The molecule has 2 nitrogen and oxygen atoms in total. The molecule has 1 heterocycles. The summed E-state index contributed by atoms with van der Waals surface area (Å²) in [4.78, 5) is 4.31. The van der Waals surface area contributed by atoms with Crippen LogP contribution in [0.15, 0.2) is 12.1 Å². The van der Waals surface area contributed by atoms with Gasteiger partial charge in [-0.2, -0.15) is 0 Å². The second-order valence-corrected chi connectivity index (χ2v) is 4.44. The van der Waals surface area contributed by atoms with Crippen LogP contribution in [0.25, 0.3) is 10.2 Å². The zero-order valence-corrected chi connectivity index (χ0v) is 8.61. The molecule has 1 aromatic heterocycles. The molecule has 0 atom stereocenters. The van der Waals surface area contributed by atoms with Crippen molar-refractivity contribution in [1.82, 2.24) is 4.98 Å². The first kappa shape index (κ1) is 8.94. The van der Waals surface area contributed by atoms with Gasteiger partial charge >= 0.3 is 0 Å². The summed E-state index contributed by atoms with van der Waals surface area (Å²) in [6.07, 6.45) is 0. The van der Waals surface area contributed by atoms with Crippen molar-refractivity contribution < 1.29 is 5.11 Å². The third-order valence-electron chi connectivity index (χ3n) is 1.83. The number of aryl methyl sites for hydroxylation is 1. The lowest BCUT2D eigenvalue weighted by Gasteiger charge is -1.98. The van der Waals surface area contributed by atoms with Crippen molar-refractivity contribution in [2.75, 3.05) is 0 Å². The maximum Gasteiger partial charge on any atom is 0.0907 e. The highest BCUT2D eigenvalue weighted by Gasteiger charge is 2.05. The van der Waals surface area contributed by atoms with Gasteiger partial charge in [0, 0.05) is 5.02 Å². The van der Waals surface area contributed by atoms with E-state index < -0.39 is 0 Å². The number of aliphatic hydroxyl groups excluding tert-OH is 1. The molecular formula is C9H8ClNOS. The first-order valence-corrected chi connectivity index (χ1v) is 5.06. The molecule has 0 fully saturated rings. The van der Waals surface area contributed by atoms with Crippen molar-refractivity contribution >= 4 is 33.2 Å². The lowest BCUT2D eigenvalue weighted by atomic mass is 10.2. The Labute approximate surface area is 84.8 Å². The number of benzene rings is 1. The summed E-state index contributed by atoms with van der Waals surface area (Å²) in [5.74, 6) is 0. The van der Waals surface area contributed by atoms with Gasteiger partial charge in [0.2, 0.25) is 0 Å². The number of aromatic nitrogens is 1. The quantitative estimate of drug-likeness (QED) is 0.790. The van der Waals surface area contributed by atoms with Crippen LogP contribution in [-0.4, -0.2) is 10.1 Å². The molecule has 2 aromatic rings. The normalized spacial score (nSPS) is 11.0. The minimum atomic E-state index is -0.0364. The Hall–Kier alpha value is -0.640. The molecule has 1 aromatic carbocycles. The zero-order chi connectivity index (χ0) is 9.42. The van der Waals surface area contributed by atoms with Gasteiger partial charge in [0.15, 0.2) is 0 Å². The fraction of sp³-hybridized carbons (Fsp3) is 0.222. The Morgan fingerprint density at radius 3 is 3.00 bits per heavy atom. The van der Waals surface area contributed by atoms with Crippen molar-refractivity contribution in [1.29, 1.82) is 0 Å². The van der Waals surface area contributed by atoms with Crippen LogP contribution in [0.5, 0.6) is 0 Å². The first-order chi connectivity index (χ1) is 6.20. The van der Waals surface area contributed by atoms with E-state index in [0.717, 1.165) is 20.8 Å². The van der Waals surface area contributed by atoms with Crippen LogP contribution in [0.1, 0.15) is 10.6 Å². The number of halogens is 1. The van der Waals surface area contributed by atoms with E-state index >= 15 is 0 Å². The van der Waals surface area contributed by atoms with Gasteiger partial charge < -0.3 is 5.11 Å². The highest BCUT2D eigenvalue weighted by molar-refractivity contribution is 7.18. The van der Waals surface area contributed by atoms with E-state index in [1.165, 1.54) is 0 Å². The topological polar surface area (TPSA) is 33.1 Å². The Kier molecular flexibility index (Phi) is 2.24. The first-order valence-electron chi connectivity index (χ1n) is 3.87. The number of thiazole rings is 1. The van der Waals surface area contributed by atoms with E-state index in [2.05, 4.69) is 4.98 Å². The smallest absolute Gasteiger partial charge is 0.0907 e. The van der Waals surface area contributed by atoms with Crippen molar-refractivity contribution in [3.8, 4) is 0 Å². The highest BCUT2D eigenvalue weighted by atomic mass is 35.5.